The summed E-state index contributed by atoms with van der Waals surface area (Å²) in [5.74, 6) is -0.113. The van der Waals surface area contributed by atoms with Crippen LogP contribution in [0.1, 0.15) is 22.5 Å². The van der Waals surface area contributed by atoms with Gasteiger partial charge < -0.3 is 9.30 Å². The maximum absolute atomic E-state index is 13.3. The molecule has 0 unspecified atom stereocenters. The lowest BCUT2D eigenvalue weighted by Gasteiger charge is -2.20. The molecular formula is C25H20FN5O2S. The summed E-state index contributed by atoms with van der Waals surface area (Å²) in [6, 6.07) is 15.6. The van der Waals surface area contributed by atoms with Gasteiger partial charge in [-0.3, -0.25) is 10.2 Å². The van der Waals surface area contributed by atoms with Gasteiger partial charge in [-0.2, -0.15) is 15.1 Å². The number of amides is 1. The van der Waals surface area contributed by atoms with E-state index in [9.17, 15) is 9.18 Å². The third kappa shape index (κ3) is 3.73. The Bertz CT molecular complexity index is 1420. The van der Waals surface area contributed by atoms with Crippen molar-refractivity contribution in [2.45, 2.75) is 13.8 Å². The van der Waals surface area contributed by atoms with Gasteiger partial charge in [-0.25, -0.2) is 4.39 Å². The third-order valence-electron chi connectivity index (χ3n) is 5.65. The summed E-state index contributed by atoms with van der Waals surface area (Å²) in [5, 5.41) is 15.3. The molecule has 1 N–H and O–H groups in total. The Hall–Kier alpha value is -3.98. The van der Waals surface area contributed by atoms with Crippen LogP contribution in [0.4, 0.5) is 4.39 Å². The van der Waals surface area contributed by atoms with Crippen LogP contribution in [0.2, 0.25) is 0 Å². The van der Waals surface area contributed by atoms with E-state index >= 15 is 0 Å². The number of fused-ring (bicyclic) bond motifs is 1. The Morgan fingerprint density at radius 3 is 2.47 bits per heavy atom. The predicted molar refractivity (Wildman–Crippen MR) is 132 cm³/mol. The first kappa shape index (κ1) is 21.8. The molecule has 0 atom stereocenters. The number of carbonyl (C=O) groups is 1. The van der Waals surface area contributed by atoms with Crippen molar-refractivity contribution >= 4 is 39.8 Å². The van der Waals surface area contributed by atoms with Gasteiger partial charge in [-0.05, 0) is 91.8 Å². The van der Waals surface area contributed by atoms with Gasteiger partial charge in [-0.15, -0.1) is 0 Å². The minimum atomic E-state index is -0.492. The van der Waals surface area contributed by atoms with Gasteiger partial charge in [0.1, 0.15) is 16.6 Å². The fourth-order valence-electron chi connectivity index (χ4n) is 3.92. The van der Waals surface area contributed by atoms with Crippen molar-refractivity contribution < 1.29 is 13.9 Å². The molecule has 7 nitrogen and oxygen atoms in total. The topological polar surface area (TPSA) is 83.0 Å². The number of aliphatic imine (C=N–C) groups is 1. The van der Waals surface area contributed by atoms with E-state index in [4.69, 9.17) is 10.1 Å². The zero-order valence-corrected chi connectivity index (χ0v) is 19.5. The van der Waals surface area contributed by atoms with E-state index in [0.717, 1.165) is 28.4 Å². The number of carbonyl (C=O) groups excluding carboxylic acids is 1. The van der Waals surface area contributed by atoms with Crippen molar-refractivity contribution in [3.63, 3.8) is 0 Å². The lowest BCUT2D eigenvalue weighted by Crippen LogP contribution is -2.35. The molecule has 0 saturated carbocycles. The highest BCUT2D eigenvalue weighted by atomic mass is 32.2. The number of aromatic nitrogens is 1. The SMILES string of the molecule is COc1ccc(-n2c(C)cc(/C=C3\C(=N)N4N=C(c5ccc(F)cc5)SC4=NC3=O)c2C)cc1. The Morgan fingerprint density at radius 1 is 1.09 bits per heavy atom. The van der Waals surface area contributed by atoms with Crippen LogP contribution in [0.15, 0.2) is 70.3 Å². The van der Waals surface area contributed by atoms with E-state index in [2.05, 4.69) is 14.7 Å². The van der Waals surface area contributed by atoms with Gasteiger partial charge in [0, 0.05) is 22.6 Å². The molecule has 0 fully saturated rings. The number of ether oxygens (including phenoxy) is 1. The van der Waals surface area contributed by atoms with Crippen LogP contribution in [-0.2, 0) is 4.79 Å². The molecule has 0 spiro atoms. The number of benzene rings is 2. The summed E-state index contributed by atoms with van der Waals surface area (Å²) in [6.45, 7) is 3.95. The molecule has 9 heteroatoms. The van der Waals surface area contributed by atoms with Crippen molar-refractivity contribution in [1.29, 1.82) is 5.41 Å². The largest absolute Gasteiger partial charge is 0.497 e. The highest BCUT2D eigenvalue weighted by Gasteiger charge is 2.36. The van der Waals surface area contributed by atoms with Gasteiger partial charge in [0.05, 0.1) is 12.7 Å². The molecule has 2 aromatic carbocycles. The summed E-state index contributed by atoms with van der Waals surface area (Å²) in [4.78, 5) is 17.0. The number of aryl methyl sites for hydroxylation is 1. The molecular weight excluding hydrogens is 453 g/mol. The summed E-state index contributed by atoms with van der Waals surface area (Å²) in [5.41, 5.74) is 4.55. The van der Waals surface area contributed by atoms with Gasteiger partial charge >= 0.3 is 0 Å². The molecule has 3 heterocycles. The average molecular weight is 474 g/mol. The minimum absolute atomic E-state index is 0.0473. The Labute approximate surface area is 199 Å². The van der Waals surface area contributed by atoms with Crippen molar-refractivity contribution in [3.8, 4) is 11.4 Å². The molecule has 1 aromatic heterocycles. The second-order valence-electron chi connectivity index (χ2n) is 7.79. The highest BCUT2D eigenvalue weighted by molar-refractivity contribution is 8.27. The number of thioether (sulfide) groups is 1. The number of hydrazone groups is 1. The lowest BCUT2D eigenvalue weighted by atomic mass is 10.1. The zero-order valence-electron chi connectivity index (χ0n) is 18.7. The number of halogens is 1. The quantitative estimate of drug-likeness (QED) is 0.546. The van der Waals surface area contributed by atoms with Crippen molar-refractivity contribution in [3.05, 3.63) is 88.5 Å². The van der Waals surface area contributed by atoms with Crippen LogP contribution in [0.25, 0.3) is 11.8 Å². The van der Waals surface area contributed by atoms with Gasteiger partial charge in [-0.1, -0.05) is 0 Å². The molecule has 0 aliphatic carbocycles. The number of nitrogens with zero attached hydrogens (tertiary/aromatic N) is 4. The first-order chi connectivity index (χ1) is 16.4. The van der Waals surface area contributed by atoms with Gasteiger partial charge in [0.15, 0.2) is 5.84 Å². The summed E-state index contributed by atoms with van der Waals surface area (Å²) in [6.07, 6.45) is 1.68. The second-order valence-corrected chi connectivity index (χ2v) is 8.75. The first-order valence-electron chi connectivity index (χ1n) is 10.5. The minimum Gasteiger partial charge on any atom is -0.497 e. The zero-order chi connectivity index (χ0) is 24.0. The summed E-state index contributed by atoms with van der Waals surface area (Å²) in [7, 11) is 1.63. The number of rotatable bonds is 4. The van der Waals surface area contributed by atoms with Crippen LogP contribution in [0, 0.1) is 25.1 Å². The molecule has 3 aromatic rings. The van der Waals surface area contributed by atoms with Crippen molar-refractivity contribution in [2.75, 3.05) is 7.11 Å². The van der Waals surface area contributed by atoms with E-state index in [-0.39, 0.29) is 17.2 Å². The van der Waals surface area contributed by atoms with Crippen LogP contribution >= 0.6 is 11.8 Å². The Morgan fingerprint density at radius 2 is 1.79 bits per heavy atom. The van der Waals surface area contributed by atoms with Crippen LogP contribution in [0.5, 0.6) is 5.75 Å². The number of methoxy groups -OCH3 is 1. The fraction of sp³-hybridized carbons (Fsp3) is 0.120. The number of hydrogen-bond acceptors (Lipinski definition) is 5. The molecule has 0 radical (unpaired) electrons. The number of nitrogens with one attached hydrogen (secondary N) is 1. The molecule has 0 saturated heterocycles. The molecule has 2 aliphatic heterocycles. The molecule has 0 bridgehead atoms. The van der Waals surface area contributed by atoms with E-state index in [0.29, 0.717) is 15.8 Å². The van der Waals surface area contributed by atoms with E-state index < -0.39 is 5.91 Å². The van der Waals surface area contributed by atoms with E-state index in [1.165, 1.54) is 28.9 Å². The maximum Gasteiger partial charge on any atom is 0.283 e. The lowest BCUT2D eigenvalue weighted by molar-refractivity contribution is -0.114. The monoisotopic (exact) mass is 473 g/mol. The van der Waals surface area contributed by atoms with Crippen molar-refractivity contribution in [1.82, 2.24) is 9.58 Å². The molecule has 1 amide bonds. The Balaban J connectivity index is 1.49. The first-order valence-corrected chi connectivity index (χ1v) is 11.3. The third-order valence-corrected chi connectivity index (χ3v) is 6.60. The van der Waals surface area contributed by atoms with Crippen molar-refractivity contribution in [2.24, 2.45) is 10.1 Å². The molecule has 5 rings (SSSR count). The van der Waals surface area contributed by atoms with Crippen LogP contribution in [-0.4, -0.2) is 38.6 Å². The predicted octanol–water partition coefficient (Wildman–Crippen LogP) is 4.91. The van der Waals surface area contributed by atoms with E-state index in [1.54, 1.807) is 25.3 Å². The number of amidine groups is 2. The molecule has 170 valence electrons. The average Bonchev–Trinajstić information content (AvgIpc) is 3.37. The smallest absolute Gasteiger partial charge is 0.283 e. The maximum atomic E-state index is 13.3. The summed E-state index contributed by atoms with van der Waals surface area (Å²) < 4.78 is 20.6. The molecule has 2 aliphatic rings. The van der Waals surface area contributed by atoms with Gasteiger partial charge in [0.2, 0.25) is 5.17 Å². The fourth-order valence-corrected chi connectivity index (χ4v) is 4.82. The number of hydrogen-bond donors (Lipinski definition) is 1. The van der Waals surface area contributed by atoms with Crippen LogP contribution < -0.4 is 4.74 Å². The van der Waals surface area contributed by atoms with Crippen LogP contribution in [0.3, 0.4) is 0 Å². The van der Waals surface area contributed by atoms with E-state index in [1.807, 2.05) is 44.2 Å². The normalized spacial score (nSPS) is 16.6. The Kier molecular flexibility index (Phi) is 5.41. The summed E-state index contributed by atoms with van der Waals surface area (Å²) >= 11 is 1.18. The van der Waals surface area contributed by atoms with Gasteiger partial charge in [0.25, 0.3) is 5.91 Å². The highest BCUT2D eigenvalue weighted by Crippen LogP contribution is 2.32. The second kappa shape index (κ2) is 8.42. The standard InChI is InChI=1S/C25H20FN5O2S/c1-14-12-17(15(2)30(14)19-8-10-20(33-3)11-9-19)13-21-22(27)31-25(28-23(21)32)34-24(29-31)16-4-6-18(26)7-5-16/h4-13,27H,1-3H3/b21-13+,27-22?. The molecule has 34 heavy (non-hydrogen) atoms.